The summed E-state index contributed by atoms with van der Waals surface area (Å²) in [7, 11) is 0. The van der Waals surface area contributed by atoms with E-state index in [1.54, 1.807) is 0 Å². The van der Waals surface area contributed by atoms with Gasteiger partial charge in [0.2, 0.25) is 11.1 Å². The Kier molecular flexibility index (Phi) is 1.65. The summed E-state index contributed by atoms with van der Waals surface area (Å²) in [6.45, 7) is 2.21. The van der Waals surface area contributed by atoms with E-state index in [2.05, 4.69) is 14.3 Å². The second-order valence-electron chi connectivity index (χ2n) is 2.63. The average Bonchev–Trinajstić information content (AvgIpc) is 2.55. The van der Waals surface area contributed by atoms with E-state index in [0.29, 0.717) is 5.95 Å². The minimum absolute atomic E-state index is 0.400. The van der Waals surface area contributed by atoms with E-state index in [4.69, 9.17) is 5.73 Å². The van der Waals surface area contributed by atoms with Crippen LogP contribution in [0.5, 0.6) is 0 Å². The van der Waals surface area contributed by atoms with Crippen molar-refractivity contribution in [3.05, 3.63) is 0 Å². The summed E-state index contributed by atoms with van der Waals surface area (Å²) in [6, 6.07) is 0. The van der Waals surface area contributed by atoms with Crippen LogP contribution in [0.15, 0.2) is 0 Å². The first-order valence-electron chi connectivity index (χ1n) is 3.70. The summed E-state index contributed by atoms with van der Waals surface area (Å²) >= 11 is 1.39. The molecule has 1 saturated heterocycles. The zero-order valence-corrected chi connectivity index (χ0v) is 6.97. The fourth-order valence-electron chi connectivity index (χ4n) is 1.26. The van der Waals surface area contributed by atoms with Crippen LogP contribution in [0, 0.1) is 0 Å². The first-order chi connectivity index (χ1) is 5.36. The van der Waals surface area contributed by atoms with Crippen molar-refractivity contribution in [2.75, 3.05) is 23.7 Å². The van der Waals surface area contributed by atoms with Gasteiger partial charge < -0.3 is 10.6 Å². The molecule has 4 nitrogen and oxygen atoms in total. The predicted molar refractivity (Wildman–Crippen MR) is 45.8 cm³/mol. The van der Waals surface area contributed by atoms with Crippen LogP contribution in [0.4, 0.5) is 11.1 Å². The van der Waals surface area contributed by atoms with Crippen molar-refractivity contribution >= 4 is 22.6 Å². The van der Waals surface area contributed by atoms with Crippen molar-refractivity contribution in [3.8, 4) is 0 Å². The third kappa shape index (κ3) is 1.28. The molecule has 11 heavy (non-hydrogen) atoms. The highest BCUT2D eigenvalue weighted by molar-refractivity contribution is 7.09. The molecule has 1 aromatic rings. The Bertz CT molecular complexity index is 240. The molecule has 0 aromatic carbocycles. The lowest BCUT2D eigenvalue weighted by Crippen LogP contribution is -2.17. The van der Waals surface area contributed by atoms with Gasteiger partial charge in [-0.1, -0.05) is 0 Å². The number of anilines is 2. The number of nitrogen functional groups attached to an aromatic ring is 1. The van der Waals surface area contributed by atoms with Gasteiger partial charge in [0.15, 0.2) is 0 Å². The Morgan fingerprint density at radius 2 is 2.09 bits per heavy atom. The second-order valence-corrected chi connectivity index (χ2v) is 3.36. The second kappa shape index (κ2) is 2.65. The van der Waals surface area contributed by atoms with Crippen LogP contribution < -0.4 is 10.6 Å². The van der Waals surface area contributed by atoms with Crippen molar-refractivity contribution in [1.82, 2.24) is 9.36 Å². The van der Waals surface area contributed by atoms with Gasteiger partial charge >= 0.3 is 0 Å². The van der Waals surface area contributed by atoms with Crippen LogP contribution in [0.2, 0.25) is 0 Å². The van der Waals surface area contributed by atoms with Gasteiger partial charge in [0.05, 0.1) is 0 Å². The van der Waals surface area contributed by atoms with E-state index in [1.807, 2.05) is 0 Å². The van der Waals surface area contributed by atoms with E-state index in [-0.39, 0.29) is 0 Å². The Labute approximate surface area is 69.2 Å². The lowest BCUT2D eigenvalue weighted by Gasteiger charge is -2.10. The molecule has 5 heteroatoms. The van der Waals surface area contributed by atoms with Gasteiger partial charge in [-0.15, -0.1) is 0 Å². The molecule has 0 bridgehead atoms. The summed E-state index contributed by atoms with van der Waals surface area (Å²) in [5.41, 5.74) is 5.41. The molecule has 0 aliphatic carbocycles. The molecule has 1 aliphatic heterocycles. The molecule has 0 saturated carbocycles. The smallest absolute Gasteiger partial charge is 0.233 e. The summed E-state index contributed by atoms with van der Waals surface area (Å²) in [5, 5.41) is 0.972. The highest BCUT2D eigenvalue weighted by Crippen LogP contribution is 2.22. The minimum Gasteiger partial charge on any atom is -0.367 e. The molecule has 0 spiro atoms. The number of hydrogen-bond donors (Lipinski definition) is 1. The maximum atomic E-state index is 5.41. The molecular formula is C6H10N4S. The number of aromatic nitrogens is 2. The summed E-state index contributed by atoms with van der Waals surface area (Å²) in [6.07, 6.45) is 2.53. The van der Waals surface area contributed by atoms with E-state index < -0.39 is 0 Å². The molecule has 2 rings (SSSR count). The Hall–Kier alpha value is -0.840. The third-order valence-corrected chi connectivity index (χ3v) is 2.60. The van der Waals surface area contributed by atoms with Crippen molar-refractivity contribution in [1.29, 1.82) is 0 Å². The van der Waals surface area contributed by atoms with Crippen molar-refractivity contribution in [2.24, 2.45) is 0 Å². The number of rotatable bonds is 1. The molecular weight excluding hydrogens is 160 g/mol. The molecule has 1 aromatic heterocycles. The lowest BCUT2D eigenvalue weighted by molar-refractivity contribution is 0.949. The fourth-order valence-corrected chi connectivity index (χ4v) is 1.91. The van der Waals surface area contributed by atoms with Gasteiger partial charge in [-0.05, 0) is 12.8 Å². The maximum absolute atomic E-state index is 5.41. The third-order valence-electron chi connectivity index (χ3n) is 1.81. The fraction of sp³-hybridized carbons (Fsp3) is 0.667. The lowest BCUT2D eigenvalue weighted by atomic mass is 10.4. The number of nitrogens with two attached hydrogens (primary N) is 1. The van der Waals surface area contributed by atoms with Crippen LogP contribution in [-0.2, 0) is 0 Å². The van der Waals surface area contributed by atoms with Crippen molar-refractivity contribution < 1.29 is 0 Å². The molecule has 60 valence electrons. The molecule has 1 aliphatic rings. The topological polar surface area (TPSA) is 55.0 Å². The zero-order valence-electron chi connectivity index (χ0n) is 6.16. The summed E-state index contributed by atoms with van der Waals surface area (Å²) in [4.78, 5) is 6.33. The summed E-state index contributed by atoms with van der Waals surface area (Å²) < 4.78 is 3.93. The monoisotopic (exact) mass is 170 g/mol. The quantitative estimate of drug-likeness (QED) is 0.674. The van der Waals surface area contributed by atoms with E-state index in [0.717, 1.165) is 18.2 Å². The van der Waals surface area contributed by atoms with Gasteiger partial charge in [0.1, 0.15) is 0 Å². The van der Waals surface area contributed by atoms with Crippen molar-refractivity contribution in [2.45, 2.75) is 12.8 Å². The first-order valence-corrected chi connectivity index (χ1v) is 4.48. The Morgan fingerprint density at radius 3 is 2.64 bits per heavy atom. The van der Waals surface area contributed by atoms with Gasteiger partial charge in [0.25, 0.3) is 0 Å². The Morgan fingerprint density at radius 1 is 1.36 bits per heavy atom. The molecule has 2 N–H and O–H groups in total. The molecule has 0 atom stereocenters. The van der Waals surface area contributed by atoms with Gasteiger partial charge in [-0.25, -0.2) is 0 Å². The van der Waals surface area contributed by atoms with Crippen LogP contribution in [0.25, 0.3) is 0 Å². The van der Waals surface area contributed by atoms with E-state index in [1.165, 1.54) is 24.4 Å². The molecule has 0 radical (unpaired) electrons. The molecule has 0 unspecified atom stereocenters. The van der Waals surface area contributed by atoms with Gasteiger partial charge in [-0.3, -0.25) is 0 Å². The van der Waals surface area contributed by atoms with Gasteiger partial charge in [0, 0.05) is 24.6 Å². The van der Waals surface area contributed by atoms with Crippen LogP contribution >= 0.6 is 11.5 Å². The van der Waals surface area contributed by atoms with Crippen molar-refractivity contribution in [3.63, 3.8) is 0 Å². The first kappa shape index (κ1) is 6.84. The largest absolute Gasteiger partial charge is 0.367 e. The van der Waals surface area contributed by atoms with Crippen LogP contribution in [0.3, 0.4) is 0 Å². The maximum Gasteiger partial charge on any atom is 0.233 e. The number of nitrogens with zero attached hydrogens (tertiary/aromatic N) is 3. The molecule has 0 amide bonds. The molecule has 1 fully saturated rings. The summed E-state index contributed by atoms with van der Waals surface area (Å²) in [5.74, 6) is 0.400. The highest BCUT2D eigenvalue weighted by Gasteiger charge is 2.15. The number of hydrogen-bond acceptors (Lipinski definition) is 5. The Balaban J connectivity index is 2.15. The highest BCUT2D eigenvalue weighted by atomic mass is 32.1. The SMILES string of the molecule is Nc1nsc(N2CCCC2)n1. The van der Waals surface area contributed by atoms with Gasteiger partial charge in [-0.2, -0.15) is 9.36 Å². The van der Waals surface area contributed by atoms with Crippen LogP contribution in [-0.4, -0.2) is 22.4 Å². The standard InChI is InChI=1S/C6H10N4S/c7-5-8-6(11-9-5)10-3-1-2-4-10/h1-4H2,(H2,7,9). The zero-order chi connectivity index (χ0) is 7.68. The normalized spacial score (nSPS) is 17.6. The van der Waals surface area contributed by atoms with Crippen LogP contribution in [0.1, 0.15) is 12.8 Å². The van der Waals surface area contributed by atoms with E-state index >= 15 is 0 Å². The average molecular weight is 170 g/mol. The predicted octanol–water partition coefficient (Wildman–Crippen LogP) is 0.721. The van der Waals surface area contributed by atoms with E-state index in [9.17, 15) is 0 Å². The minimum atomic E-state index is 0.400. The molecule has 2 heterocycles.